The molecule has 1 unspecified atom stereocenters. The highest BCUT2D eigenvalue weighted by molar-refractivity contribution is 8.00. The van der Waals surface area contributed by atoms with Gasteiger partial charge in [-0.2, -0.15) is 0 Å². The number of hydrogen-bond acceptors (Lipinski definition) is 5. The van der Waals surface area contributed by atoms with Crippen LogP contribution in [0.15, 0.2) is 52.4 Å². The molecule has 178 valence electrons. The van der Waals surface area contributed by atoms with Crippen LogP contribution in [0.2, 0.25) is 0 Å². The maximum Gasteiger partial charge on any atom is 0.321 e. The molecule has 1 atom stereocenters. The van der Waals surface area contributed by atoms with Crippen molar-refractivity contribution in [1.29, 1.82) is 0 Å². The molecule has 1 aliphatic carbocycles. The van der Waals surface area contributed by atoms with Crippen LogP contribution in [0, 0.1) is 12.7 Å². The van der Waals surface area contributed by atoms with Gasteiger partial charge in [-0.25, -0.2) is 14.2 Å². The summed E-state index contributed by atoms with van der Waals surface area (Å²) in [5.41, 5.74) is 0.883. The Morgan fingerprint density at radius 1 is 1.15 bits per heavy atom. The van der Waals surface area contributed by atoms with E-state index in [1.165, 1.54) is 10.6 Å². The number of rotatable bonds is 5. The summed E-state index contributed by atoms with van der Waals surface area (Å²) in [4.78, 5) is 42.9. The second-order valence-electron chi connectivity index (χ2n) is 8.54. The Bertz CT molecular complexity index is 1290. The fourth-order valence-electron chi connectivity index (χ4n) is 4.03. The van der Waals surface area contributed by atoms with Gasteiger partial charge in [0, 0.05) is 6.04 Å². The van der Waals surface area contributed by atoms with Gasteiger partial charge in [-0.15, -0.1) is 0 Å². The number of nitrogens with zero attached hydrogens (tertiary/aromatic N) is 2. The molecule has 0 aliphatic heterocycles. The SMILES string of the molecule is Cc1ccc(-n2c(SC(C)C(=O)NC(=O)NC3CCCCC3)nc3ccccc3c2=O)cc1F. The van der Waals surface area contributed by atoms with Crippen LogP contribution < -0.4 is 16.2 Å². The smallest absolute Gasteiger partial charge is 0.321 e. The summed E-state index contributed by atoms with van der Waals surface area (Å²) < 4.78 is 15.6. The number of imide groups is 1. The fraction of sp³-hybridized carbons (Fsp3) is 0.360. The number of amides is 3. The van der Waals surface area contributed by atoms with Gasteiger partial charge in [-0.3, -0.25) is 19.5 Å². The molecule has 0 saturated heterocycles. The lowest BCUT2D eigenvalue weighted by Crippen LogP contribution is -2.47. The van der Waals surface area contributed by atoms with E-state index in [0.29, 0.717) is 22.2 Å². The third-order valence-corrected chi connectivity index (χ3v) is 7.04. The van der Waals surface area contributed by atoms with Gasteiger partial charge >= 0.3 is 6.03 Å². The quantitative estimate of drug-likeness (QED) is 0.413. The van der Waals surface area contributed by atoms with Gasteiger partial charge < -0.3 is 5.32 Å². The highest BCUT2D eigenvalue weighted by Gasteiger charge is 2.23. The summed E-state index contributed by atoms with van der Waals surface area (Å²) in [6.45, 7) is 3.27. The van der Waals surface area contributed by atoms with E-state index in [0.717, 1.165) is 43.9 Å². The lowest BCUT2D eigenvalue weighted by atomic mass is 9.96. The van der Waals surface area contributed by atoms with Crippen LogP contribution in [0.1, 0.15) is 44.6 Å². The average Bonchev–Trinajstić information content (AvgIpc) is 2.82. The molecule has 2 N–H and O–H groups in total. The lowest BCUT2D eigenvalue weighted by molar-refractivity contribution is -0.119. The lowest BCUT2D eigenvalue weighted by Gasteiger charge is -2.23. The molecule has 3 amide bonds. The van der Waals surface area contributed by atoms with Crippen molar-refractivity contribution >= 4 is 34.6 Å². The largest absolute Gasteiger partial charge is 0.335 e. The summed E-state index contributed by atoms with van der Waals surface area (Å²) in [5.74, 6) is -0.943. The van der Waals surface area contributed by atoms with Crippen LogP contribution in [-0.2, 0) is 4.79 Å². The van der Waals surface area contributed by atoms with E-state index in [-0.39, 0.29) is 16.8 Å². The molecule has 0 spiro atoms. The molecule has 1 aromatic heterocycles. The summed E-state index contributed by atoms with van der Waals surface area (Å²) in [6.07, 6.45) is 5.11. The van der Waals surface area contributed by atoms with Crippen molar-refractivity contribution in [3.63, 3.8) is 0 Å². The van der Waals surface area contributed by atoms with Crippen molar-refractivity contribution in [2.45, 2.75) is 62.4 Å². The number of aromatic nitrogens is 2. The highest BCUT2D eigenvalue weighted by atomic mass is 32.2. The Morgan fingerprint density at radius 2 is 1.88 bits per heavy atom. The Labute approximate surface area is 201 Å². The average molecular weight is 483 g/mol. The second kappa shape index (κ2) is 10.4. The Balaban J connectivity index is 1.60. The van der Waals surface area contributed by atoms with E-state index in [1.54, 1.807) is 50.2 Å². The number of fused-ring (bicyclic) bond motifs is 1. The number of halogens is 1. The van der Waals surface area contributed by atoms with Crippen LogP contribution in [-0.4, -0.2) is 32.8 Å². The molecular weight excluding hydrogens is 455 g/mol. The van der Waals surface area contributed by atoms with Gasteiger partial charge in [0.05, 0.1) is 21.8 Å². The molecule has 34 heavy (non-hydrogen) atoms. The minimum Gasteiger partial charge on any atom is -0.335 e. The summed E-state index contributed by atoms with van der Waals surface area (Å²) in [6, 6.07) is 10.9. The van der Waals surface area contributed by atoms with E-state index in [2.05, 4.69) is 15.6 Å². The zero-order valence-electron chi connectivity index (χ0n) is 19.1. The molecule has 7 nitrogen and oxygen atoms in total. The van der Waals surface area contributed by atoms with E-state index in [1.807, 2.05) is 0 Å². The third-order valence-electron chi connectivity index (χ3n) is 5.99. The van der Waals surface area contributed by atoms with Crippen molar-refractivity contribution in [3.05, 3.63) is 64.2 Å². The monoisotopic (exact) mass is 482 g/mol. The fourth-order valence-corrected chi connectivity index (χ4v) is 4.96. The standard InChI is InChI=1S/C25H27FN4O3S/c1-15-12-13-18(14-20(15)26)30-23(32)19-10-6-7-11-21(19)28-25(30)34-16(2)22(31)29-24(33)27-17-8-4-3-5-9-17/h6-7,10-14,16-17H,3-5,8-9H2,1-2H3,(H2,27,29,31,33). The Morgan fingerprint density at radius 3 is 2.62 bits per heavy atom. The van der Waals surface area contributed by atoms with Crippen molar-refractivity contribution in [2.75, 3.05) is 0 Å². The first-order valence-electron chi connectivity index (χ1n) is 11.4. The second-order valence-corrected chi connectivity index (χ2v) is 9.85. The number of nitrogens with one attached hydrogen (secondary N) is 2. The predicted octanol–water partition coefficient (Wildman–Crippen LogP) is 4.47. The first-order chi connectivity index (χ1) is 16.3. The molecule has 4 rings (SSSR count). The zero-order valence-corrected chi connectivity index (χ0v) is 20.0. The third kappa shape index (κ3) is 5.30. The number of para-hydroxylation sites is 1. The Kier molecular flexibility index (Phi) is 7.31. The molecule has 9 heteroatoms. The van der Waals surface area contributed by atoms with Crippen molar-refractivity contribution in [2.24, 2.45) is 0 Å². The summed E-state index contributed by atoms with van der Waals surface area (Å²) >= 11 is 1.04. The molecule has 1 heterocycles. The molecule has 1 fully saturated rings. The molecule has 1 saturated carbocycles. The van der Waals surface area contributed by atoms with E-state index in [4.69, 9.17) is 0 Å². The van der Waals surface area contributed by atoms with Crippen molar-refractivity contribution in [1.82, 2.24) is 20.2 Å². The maximum atomic E-state index is 14.3. The van der Waals surface area contributed by atoms with Gasteiger partial charge in [-0.1, -0.05) is 49.2 Å². The number of thioether (sulfide) groups is 1. The zero-order chi connectivity index (χ0) is 24.2. The molecule has 0 bridgehead atoms. The molecule has 1 aliphatic rings. The van der Waals surface area contributed by atoms with Gasteiger partial charge in [0.1, 0.15) is 5.82 Å². The van der Waals surface area contributed by atoms with Crippen LogP contribution in [0.4, 0.5) is 9.18 Å². The first kappa shape index (κ1) is 23.9. The predicted molar refractivity (Wildman–Crippen MR) is 131 cm³/mol. The molecule has 3 aromatic rings. The van der Waals surface area contributed by atoms with E-state index < -0.39 is 23.0 Å². The van der Waals surface area contributed by atoms with Crippen LogP contribution >= 0.6 is 11.8 Å². The number of hydrogen-bond donors (Lipinski definition) is 2. The minimum atomic E-state index is -0.730. The van der Waals surface area contributed by atoms with Crippen LogP contribution in [0.5, 0.6) is 0 Å². The minimum absolute atomic E-state index is 0.0771. The topological polar surface area (TPSA) is 93.1 Å². The molecule has 0 radical (unpaired) electrons. The number of aryl methyl sites for hydroxylation is 1. The highest BCUT2D eigenvalue weighted by Crippen LogP contribution is 2.26. The first-order valence-corrected chi connectivity index (χ1v) is 12.3. The summed E-state index contributed by atoms with van der Waals surface area (Å²) in [7, 11) is 0. The van der Waals surface area contributed by atoms with E-state index >= 15 is 0 Å². The number of urea groups is 1. The van der Waals surface area contributed by atoms with Crippen LogP contribution in [0.25, 0.3) is 16.6 Å². The van der Waals surface area contributed by atoms with E-state index in [9.17, 15) is 18.8 Å². The van der Waals surface area contributed by atoms with Crippen molar-refractivity contribution < 1.29 is 14.0 Å². The van der Waals surface area contributed by atoms with Gasteiger partial charge in [0.2, 0.25) is 5.91 Å². The van der Waals surface area contributed by atoms with Gasteiger partial charge in [0.25, 0.3) is 5.56 Å². The van der Waals surface area contributed by atoms with Gasteiger partial charge in [0.15, 0.2) is 5.16 Å². The maximum absolute atomic E-state index is 14.3. The number of benzene rings is 2. The molecule has 2 aromatic carbocycles. The Hall–Kier alpha value is -3.20. The number of carbonyl (C=O) groups excluding carboxylic acids is 2. The van der Waals surface area contributed by atoms with Crippen LogP contribution in [0.3, 0.4) is 0 Å². The normalized spacial score (nSPS) is 15.1. The van der Waals surface area contributed by atoms with Crippen molar-refractivity contribution in [3.8, 4) is 5.69 Å². The summed E-state index contributed by atoms with van der Waals surface area (Å²) in [5, 5.41) is 5.14. The molecular formula is C25H27FN4O3S. The van der Waals surface area contributed by atoms with Gasteiger partial charge in [-0.05, 0) is 56.5 Å². The number of carbonyl (C=O) groups is 2.